The van der Waals surface area contributed by atoms with Gasteiger partial charge in [0.1, 0.15) is 5.75 Å². The summed E-state index contributed by atoms with van der Waals surface area (Å²) in [4.78, 5) is 14.1. The number of hydrogen-bond acceptors (Lipinski definition) is 4. The molecule has 0 spiro atoms. The first kappa shape index (κ1) is 29.5. The lowest BCUT2D eigenvalue weighted by molar-refractivity contribution is 0.129. The molecule has 3 aliphatic rings. The molecule has 4 heteroatoms. The van der Waals surface area contributed by atoms with Gasteiger partial charge in [-0.15, -0.1) is 0 Å². The number of benzene rings is 1. The molecule has 4 nitrogen and oxygen atoms in total. The summed E-state index contributed by atoms with van der Waals surface area (Å²) in [6.07, 6.45) is 18.0. The van der Waals surface area contributed by atoms with Crippen molar-refractivity contribution in [2.24, 2.45) is 11.8 Å². The van der Waals surface area contributed by atoms with E-state index in [-0.39, 0.29) is 0 Å². The molecule has 1 saturated heterocycles. The Labute approximate surface area is 244 Å². The molecule has 1 saturated carbocycles. The zero-order valence-electron chi connectivity index (χ0n) is 26.1. The van der Waals surface area contributed by atoms with Crippen LogP contribution in [-0.4, -0.2) is 32.6 Å². The van der Waals surface area contributed by atoms with Crippen molar-refractivity contribution in [1.29, 1.82) is 0 Å². The average Bonchev–Trinajstić information content (AvgIpc) is 3.29. The van der Waals surface area contributed by atoms with Crippen molar-refractivity contribution in [3.63, 3.8) is 0 Å². The van der Waals surface area contributed by atoms with Crippen LogP contribution in [0.4, 0.5) is 0 Å². The van der Waals surface area contributed by atoms with Gasteiger partial charge in [0.25, 0.3) is 0 Å². The summed E-state index contributed by atoms with van der Waals surface area (Å²) >= 11 is 0. The molecular formula is C36H55N3O. The lowest BCUT2D eigenvalue weighted by atomic mass is 9.77. The summed E-state index contributed by atoms with van der Waals surface area (Å²) in [5.41, 5.74) is 6.59. The molecule has 0 radical (unpaired) electrons. The molecule has 3 heterocycles. The second-order valence-corrected chi connectivity index (χ2v) is 13.9. The van der Waals surface area contributed by atoms with Gasteiger partial charge in [0.2, 0.25) is 0 Å². The monoisotopic (exact) mass is 545 g/mol. The molecule has 1 aromatic heterocycles. The minimum atomic E-state index is 0.342. The van der Waals surface area contributed by atoms with Crippen LogP contribution in [0.5, 0.6) is 5.75 Å². The smallest absolute Gasteiger partial charge is 0.159 e. The summed E-state index contributed by atoms with van der Waals surface area (Å²) in [5.74, 6) is 3.29. The van der Waals surface area contributed by atoms with E-state index in [0.717, 1.165) is 17.8 Å². The zero-order valence-corrected chi connectivity index (χ0v) is 26.1. The Balaban J connectivity index is 1.68. The van der Waals surface area contributed by atoms with Gasteiger partial charge in [-0.2, -0.15) is 0 Å². The van der Waals surface area contributed by atoms with E-state index in [4.69, 9.17) is 9.97 Å². The van der Waals surface area contributed by atoms with Gasteiger partial charge in [0.15, 0.2) is 5.82 Å². The number of hydrogen-bond donors (Lipinski definition) is 1. The number of aromatic hydroxyl groups is 1. The fraction of sp³-hybridized carbons (Fsp3) is 0.722. The van der Waals surface area contributed by atoms with Gasteiger partial charge in [-0.25, -0.2) is 9.97 Å². The first-order valence-corrected chi connectivity index (χ1v) is 16.9. The Morgan fingerprint density at radius 3 is 2.25 bits per heavy atom. The van der Waals surface area contributed by atoms with Crippen molar-refractivity contribution in [2.45, 2.75) is 148 Å². The van der Waals surface area contributed by atoms with E-state index >= 15 is 0 Å². The molecule has 40 heavy (non-hydrogen) atoms. The van der Waals surface area contributed by atoms with Gasteiger partial charge in [0, 0.05) is 35.0 Å². The lowest BCUT2D eigenvalue weighted by Gasteiger charge is -2.44. The maximum atomic E-state index is 10.4. The molecule has 1 aliphatic carbocycles. The van der Waals surface area contributed by atoms with Crippen LogP contribution in [0.25, 0.3) is 11.4 Å². The molecule has 220 valence electrons. The highest BCUT2D eigenvalue weighted by Gasteiger charge is 2.49. The fourth-order valence-corrected chi connectivity index (χ4v) is 8.24. The van der Waals surface area contributed by atoms with Crippen molar-refractivity contribution in [1.82, 2.24) is 14.9 Å². The molecular weight excluding hydrogens is 490 g/mol. The van der Waals surface area contributed by atoms with E-state index in [1.165, 1.54) is 113 Å². The Kier molecular flexibility index (Phi) is 9.87. The van der Waals surface area contributed by atoms with Crippen LogP contribution in [-0.2, 0) is 6.42 Å². The van der Waals surface area contributed by atoms with E-state index in [0.29, 0.717) is 41.5 Å². The maximum Gasteiger partial charge on any atom is 0.159 e. The van der Waals surface area contributed by atoms with Crippen LogP contribution in [0.1, 0.15) is 158 Å². The number of unbranched alkanes of at least 4 members (excludes halogenated alkanes) is 2. The Morgan fingerprint density at radius 2 is 1.57 bits per heavy atom. The molecule has 3 atom stereocenters. The molecule has 0 amide bonds. The van der Waals surface area contributed by atoms with Gasteiger partial charge in [0.05, 0.1) is 11.4 Å². The molecule has 5 rings (SSSR count). The normalized spacial score (nSPS) is 24.2. The van der Waals surface area contributed by atoms with E-state index in [1.807, 2.05) is 12.1 Å². The minimum Gasteiger partial charge on any atom is -0.508 e. The highest BCUT2D eigenvalue weighted by Crippen LogP contribution is 2.53. The van der Waals surface area contributed by atoms with Crippen LogP contribution >= 0.6 is 0 Å². The van der Waals surface area contributed by atoms with E-state index in [2.05, 4.69) is 45.6 Å². The van der Waals surface area contributed by atoms with Gasteiger partial charge in [-0.1, -0.05) is 86.0 Å². The molecule has 1 N–H and O–H groups in total. The summed E-state index contributed by atoms with van der Waals surface area (Å²) in [5, 5.41) is 10.4. The molecule has 2 fully saturated rings. The summed E-state index contributed by atoms with van der Waals surface area (Å²) in [6.45, 7) is 12.9. The quantitative estimate of drug-likeness (QED) is 0.319. The summed E-state index contributed by atoms with van der Waals surface area (Å²) in [7, 11) is 0. The van der Waals surface area contributed by atoms with E-state index < -0.39 is 0 Å². The third kappa shape index (κ3) is 6.27. The number of fused-ring (bicyclic) bond motifs is 4. The number of rotatable bonds is 9. The van der Waals surface area contributed by atoms with Crippen molar-refractivity contribution in [3.05, 3.63) is 40.7 Å². The van der Waals surface area contributed by atoms with Gasteiger partial charge in [-0.05, 0) is 80.7 Å². The van der Waals surface area contributed by atoms with Crippen molar-refractivity contribution in [2.75, 3.05) is 6.54 Å². The summed E-state index contributed by atoms with van der Waals surface area (Å²) in [6, 6.07) is 6.96. The maximum absolute atomic E-state index is 10.4. The van der Waals surface area contributed by atoms with Crippen LogP contribution in [0, 0.1) is 11.8 Å². The number of nitrogens with zero attached hydrogens (tertiary/aromatic N) is 3. The van der Waals surface area contributed by atoms with E-state index in [9.17, 15) is 5.11 Å². The second-order valence-electron chi connectivity index (χ2n) is 13.9. The SMILES string of the molecule is CCCCCN1C2CCC1C(C(C)C)c1nc(-c3ccc(O)cc3CC(C)C)nc(C3CCCCCCCC3)c12. The number of aromatic nitrogens is 2. The topological polar surface area (TPSA) is 49.2 Å². The van der Waals surface area contributed by atoms with Gasteiger partial charge < -0.3 is 5.11 Å². The molecule has 2 aromatic rings. The van der Waals surface area contributed by atoms with Crippen molar-refractivity contribution >= 4 is 0 Å². The van der Waals surface area contributed by atoms with Crippen LogP contribution < -0.4 is 0 Å². The Bertz CT molecular complexity index is 1120. The third-order valence-electron chi connectivity index (χ3n) is 10.1. The van der Waals surface area contributed by atoms with Crippen LogP contribution in [0.2, 0.25) is 0 Å². The molecule has 3 unspecified atom stereocenters. The molecule has 2 aliphatic heterocycles. The number of phenolic OH excluding ortho intramolecular Hbond substituents is 1. The second kappa shape index (κ2) is 13.4. The minimum absolute atomic E-state index is 0.342. The number of phenols is 1. The Morgan fingerprint density at radius 1 is 0.875 bits per heavy atom. The highest BCUT2D eigenvalue weighted by atomic mass is 16.3. The predicted octanol–water partition coefficient (Wildman–Crippen LogP) is 9.71. The third-order valence-corrected chi connectivity index (χ3v) is 10.1. The first-order chi connectivity index (χ1) is 19.4. The highest BCUT2D eigenvalue weighted by molar-refractivity contribution is 5.63. The largest absolute Gasteiger partial charge is 0.508 e. The average molecular weight is 546 g/mol. The van der Waals surface area contributed by atoms with Crippen LogP contribution in [0.15, 0.2) is 18.2 Å². The first-order valence-electron chi connectivity index (χ1n) is 16.9. The van der Waals surface area contributed by atoms with E-state index in [1.54, 1.807) is 0 Å². The van der Waals surface area contributed by atoms with Crippen molar-refractivity contribution < 1.29 is 5.11 Å². The fourth-order valence-electron chi connectivity index (χ4n) is 8.24. The predicted molar refractivity (Wildman–Crippen MR) is 167 cm³/mol. The zero-order chi connectivity index (χ0) is 28.2. The summed E-state index contributed by atoms with van der Waals surface area (Å²) < 4.78 is 0. The van der Waals surface area contributed by atoms with Crippen molar-refractivity contribution in [3.8, 4) is 17.1 Å². The molecule has 2 bridgehead atoms. The lowest BCUT2D eigenvalue weighted by Crippen LogP contribution is -2.44. The standard InChI is InChI=1S/C36H55N3O/c1-6-7-14-21-39-30-19-20-31(39)33-34(26-15-12-10-8-9-11-13-16-26)37-36(38-35(33)32(30)25(4)5)29-18-17-28(40)23-27(29)22-24(2)3/h17-18,23-26,30-32,40H,6-16,19-22H2,1-5H3. The Hall–Kier alpha value is -1.94. The molecule has 1 aromatic carbocycles. The van der Waals surface area contributed by atoms with Gasteiger partial charge >= 0.3 is 0 Å². The van der Waals surface area contributed by atoms with Crippen LogP contribution in [0.3, 0.4) is 0 Å². The van der Waals surface area contributed by atoms with Gasteiger partial charge in [-0.3, -0.25) is 4.90 Å².